The van der Waals surface area contributed by atoms with Crippen molar-refractivity contribution in [2.24, 2.45) is 0 Å². The molecule has 11 heteroatoms. The standard InChI is InChI=1S/C15H14IN3O6S/c1-18(25-2)26(23,24)12-6-3-10(4-7-12)17-15(20)13-9-11(19(21)22)5-8-14(13)16/h3-9H,1-2H3,(H,17,20). The molecule has 0 saturated carbocycles. The second kappa shape index (κ2) is 8.07. The number of hydrogen-bond acceptors (Lipinski definition) is 6. The molecule has 2 aromatic rings. The highest BCUT2D eigenvalue weighted by atomic mass is 127. The van der Waals surface area contributed by atoms with Crippen LogP contribution in [0.3, 0.4) is 0 Å². The van der Waals surface area contributed by atoms with Gasteiger partial charge in [-0.2, -0.15) is 0 Å². The van der Waals surface area contributed by atoms with Gasteiger partial charge in [-0.05, 0) is 52.9 Å². The molecule has 26 heavy (non-hydrogen) atoms. The highest BCUT2D eigenvalue weighted by Crippen LogP contribution is 2.22. The Morgan fingerprint density at radius 1 is 1.23 bits per heavy atom. The minimum atomic E-state index is -3.79. The maximum atomic E-state index is 12.4. The summed E-state index contributed by atoms with van der Waals surface area (Å²) in [5.74, 6) is -0.539. The summed E-state index contributed by atoms with van der Waals surface area (Å²) in [6.45, 7) is 0. The van der Waals surface area contributed by atoms with E-state index in [9.17, 15) is 23.3 Å². The number of hydrogen-bond donors (Lipinski definition) is 1. The predicted molar refractivity (Wildman–Crippen MR) is 102 cm³/mol. The van der Waals surface area contributed by atoms with Crippen molar-refractivity contribution >= 4 is 49.9 Å². The van der Waals surface area contributed by atoms with Gasteiger partial charge < -0.3 is 5.32 Å². The van der Waals surface area contributed by atoms with Crippen molar-refractivity contribution in [3.63, 3.8) is 0 Å². The molecular formula is C15H14IN3O6S. The summed E-state index contributed by atoms with van der Waals surface area (Å²) in [5.41, 5.74) is 0.298. The molecule has 0 saturated heterocycles. The minimum absolute atomic E-state index is 0.00946. The fourth-order valence-electron chi connectivity index (χ4n) is 1.96. The number of non-ortho nitro benzene ring substituents is 1. The average molecular weight is 491 g/mol. The average Bonchev–Trinajstić information content (AvgIpc) is 2.61. The van der Waals surface area contributed by atoms with E-state index in [2.05, 4.69) is 10.2 Å². The number of carbonyl (C=O) groups excluding carboxylic acids is 1. The van der Waals surface area contributed by atoms with Crippen molar-refractivity contribution in [1.29, 1.82) is 0 Å². The van der Waals surface area contributed by atoms with Crippen molar-refractivity contribution in [3.8, 4) is 0 Å². The van der Waals surface area contributed by atoms with Crippen molar-refractivity contribution in [3.05, 3.63) is 61.7 Å². The Balaban J connectivity index is 2.23. The number of nitro groups is 1. The lowest BCUT2D eigenvalue weighted by molar-refractivity contribution is -0.384. The van der Waals surface area contributed by atoms with E-state index in [1.165, 1.54) is 56.6 Å². The van der Waals surface area contributed by atoms with Gasteiger partial charge in [0.2, 0.25) is 0 Å². The van der Waals surface area contributed by atoms with Crippen molar-refractivity contribution in [2.75, 3.05) is 19.5 Å². The first-order valence-corrected chi connectivity index (χ1v) is 9.57. The van der Waals surface area contributed by atoms with Crippen molar-refractivity contribution < 1.29 is 23.0 Å². The number of anilines is 1. The summed E-state index contributed by atoms with van der Waals surface area (Å²) in [6, 6.07) is 9.44. The molecule has 0 radical (unpaired) electrons. The van der Waals surface area contributed by atoms with Crippen LogP contribution in [0, 0.1) is 13.7 Å². The maximum absolute atomic E-state index is 12.4. The molecule has 138 valence electrons. The van der Waals surface area contributed by atoms with Gasteiger partial charge in [-0.25, -0.2) is 8.42 Å². The highest BCUT2D eigenvalue weighted by Gasteiger charge is 2.21. The summed E-state index contributed by atoms with van der Waals surface area (Å²) in [6.07, 6.45) is 0. The molecular weight excluding hydrogens is 477 g/mol. The maximum Gasteiger partial charge on any atom is 0.270 e. The third-order valence-electron chi connectivity index (χ3n) is 3.41. The van der Waals surface area contributed by atoms with E-state index in [4.69, 9.17) is 0 Å². The van der Waals surface area contributed by atoms with Gasteiger partial charge in [-0.15, -0.1) is 0 Å². The van der Waals surface area contributed by atoms with Gasteiger partial charge in [0.05, 0.1) is 22.5 Å². The van der Waals surface area contributed by atoms with E-state index in [1.807, 2.05) is 22.6 Å². The van der Waals surface area contributed by atoms with Crippen molar-refractivity contribution in [2.45, 2.75) is 4.90 Å². The summed E-state index contributed by atoms with van der Waals surface area (Å²) in [7, 11) is -1.30. The van der Waals surface area contributed by atoms with Crippen LogP contribution in [-0.4, -0.2) is 37.9 Å². The number of sulfonamides is 1. The molecule has 0 spiro atoms. The molecule has 2 rings (SSSR count). The number of benzene rings is 2. The molecule has 1 amide bonds. The van der Waals surface area contributed by atoms with Crippen LogP contribution in [0.1, 0.15) is 10.4 Å². The monoisotopic (exact) mass is 491 g/mol. The molecule has 0 unspecified atom stereocenters. The number of nitro benzene ring substituents is 1. The Morgan fingerprint density at radius 3 is 2.38 bits per heavy atom. The quantitative estimate of drug-likeness (QED) is 0.377. The summed E-state index contributed by atoms with van der Waals surface area (Å²) >= 11 is 1.90. The summed E-state index contributed by atoms with van der Waals surface area (Å²) in [5, 5.41) is 13.4. The van der Waals surface area contributed by atoms with E-state index in [-0.39, 0.29) is 16.1 Å². The normalized spacial score (nSPS) is 11.4. The SMILES string of the molecule is CON(C)S(=O)(=O)c1ccc(NC(=O)c2cc([N+](=O)[O-])ccc2I)cc1. The smallest absolute Gasteiger partial charge is 0.270 e. The fraction of sp³-hybridized carbons (Fsp3) is 0.133. The third kappa shape index (κ3) is 4.35. The first kappa shape index (κ1) is 20.2. The van der Waals surface area contributed by atoms with Crippen LogP contribution in [-0.2, 0) is 14.9 Å². The molecule has 0 atom stereocenters. The van der Waals surface area contributed by atoms with Crippen LogP contribution >= 0.6 is 22.6 Å². The lowest BCUT2D eigenvalue weighted by Gasteiger charge is -2.14. The molecule has 2 aromatic carbocycles. The lowest BCUT2D eigenvalue weighted by atomic mass is 10.2. The molecule has 0 aliphatic heterocycles. The van der Waals surface area contributed by atoms with Crippen LogP contribution in [0.2, 0.25) is 0 Å². The number of carbonyl (C=O) groups is 1. The third-order valence-corrected chi connectivity index (χ3v) is 6.05. The number of hydroxylamine groups is 1. The van der Waals surface area contributed by atoms with E-state index in [0.29, 0.717) is 13.7 Å². The zero-order chi connectivity index (χ0) is 19.5. The summed E-state index contributed by atoms with van der Waals surface area (Å²) in [4.78, 5) is 27.3. The fourth-order valence-corrected chi connectivity index (χ4v) is 3.51. The molecule has 0 aliphatic rings. The van der Waals surface area contributed by atoms with Crippen LogP contribution in [0.25, 0.3) is 0 Å². The molecule has 0 fully saturated rings. The highest BCUT2D eigenvalue weighted by molar-refractivity contribution is 14.1. The van der Waals surface area contributed by atoms with Gasteiger partial charge in [0, 0.05) is 28.4 Å². The summed E-state index contributed by atoms with van der Waals surface area (Å²) < 4.78 is 25.5. The predicted octanol–water partition coefficient (Wildman–Crippen LogP) is 2.63. The Labute approximate surface area is 163 Å². The van der Waals surface area contributed by atoms with E-state index in [0.717, 1.165) is 0 Å². The number of rotatable bonds is 6. The zero-order valence-corrected chi connectivity index (χ0v) is 16.6. The molecule has 0 bridgehead atoms. The van der Waals surface area contributed by atoms with Gasteiger partial charge in [0.15, 0.2) is 0 Å². The zero-order valence-electron chi connectivity index (χ0n) is 13.7. The van der Waals surface area contributed by atoms with Gasteiger partial charge >= 0.3 is 0 Å². The van der Waals surface area contributed by atoms with Crippen LogP contribution in [0.4, 0.5) is 11.4 Å². The minimum Gasteiger partial charge on any atom is -0.322 e. The van der Waals surface area contributed by atoms with Gasteiger partial charge in [0.1, 0.15) is 0 Å². The van der Waals surface area contributed by atoms with Crippen LogP contribution < -0.4 is 5.32 Å². The molecule has 9 nitrogen and oxygen atoms in total. The molecule has 0 heterocycles. The Bertz CT molecular complexity index is 946. The second-order valence-corrected chi connectivity index (χ2v) is 8.10. The first-order valence-electron chi connectivity index (χ1n) is 7.05. The Morgan fingerprint density at radius 2 is 1.85 bits per heavy atom. The van der Waals surface area contributed by atoms with Gasteiger partial charge in [-0.1, -0.05) is 4.47 Å². The number of nitrogens with one attached hydrogen (secondary N) is 1. The van der Waals surface area contributed by atoms with E-state index >= 15 is 0 Å². The van der Waals surface area contributed by atoms with Crippen LogP contribution in [0.5, 0.6) is 0 Å². The molecule has 0 aliphatic carbocycles. The Hall–Kier alpha value is -2.09. The van der Waals surface area contributed by atoms with E-state index in [1.54, 1.807) is 0 Å². The topological polar surface area (TPSA) is 119 Å². The largest absolute Gasteiger partial charge is 0.322 e. The lowest BCUT2D eigenvalue weighted by Crippen LogP contribution is -2.25. The van der Waals surface area contributed by atoms with E-state index < -0.39 is 20.9 Å². The van der Waals surface area contributed by atoms with Gasteiger partial charge in [-0.3, -0.25) is 19.7 Å². The number of halogens is 1. The van der Waals surface area contributed by atoms with Crippen LogP contribution in [0.15, 0.2) is 47.4 Å². The number of nitrogens with zero attached hydrogens (tertiary/aromatic N) is 2. The van der Waals surface area contributed by atoms with Gasteiger partial charge in [0.25, 0.3) is 21.6 Å². The second-order valence-electron chi connectivity index (χ2n) is 5.00. The molecule has 1 N–H and O–H groups in total. The first-order chi connectivity index (χ1) is 12.2. The van der Waals surface area contributed by atoms with Crippen molar-refractivity contribution in [1.82, 2.24) is 4.47 Å². The molecule has 0 aromatic heterocycles. The number of amides is 1. The Kier molecular flexibility index (Phi) is 6.28.